The molecule has 0 unspecified atom stereocenters. The van der Waals surface area contributed by atoms with Crippen LogP contribution in [-0.2, 0) is 11.3 Å². The molecule has 2 amide bonds. The lowest BCUT2D eigenvalue weighted by molar-refractivity contribution is -0.114. The maximum Gasteiger partial charge on any atom is 0.254 e. The second-order valence-corrected chi connectivity index (χ2v) is 5.44. The van der Waals surface area contributed by atoms with Gasteiger partial charge in [0.05, 0.1) is 18.4 Å². The van der Waals surface area contributed by atoms with Crippen LogP contribution >= 0.6 is 0 Å². The first-order valence-electron chi connectivity index (χ1n) is 7.87. The van der Waals surface area contributed by atoms with Gasteiger partial charge >= 0.3 is 0 Å². The Morgan fingerprint density at radius 1 is 1.08 bits per heavy atom. The van der Waals surface area contributed by atoms with Crippen molar-refractivity contribution in [2.75, 3.05) is 10.6 Å². The molecule has 8 nitrogen and oxygen atoms in total. The van der Waals surface area contributed by atoms with E-state index in [-0.39, 0.29) is 11.8 Å². The lowest BCUT2D eigenvalue weighted by Gasteiger charge is -2.08. The predicted octanol–water partition coefficient (Wildman–Crippen LogP) is 2.70. The van der Waals surface area contributed by atoms with Crippen LogP contribution in [0, 0.1) is 0 Å². The fourth-order valence-electron chi connectivity index (χ4n) is 2.20. The van der Waals surface area contributed by atoms with Gasteiger partial charge in [-0.2, -0.15) is 0 Å². The van der Waals surface area contributed by atoms with Crippen molar-refractivity contribution < 1.29 is 14.0 Å². The van der Waals surface area contributed by atoms with Gasteiger partial charge in [-0.1, -0.05) is 6.07 Å². The zero-order valence-corrected chi connectivity index (χ0v) is 14.0. The summed E-state index contributed by atoms with van der Waals surface area (Å²) in [6, 6.07) is 10.7. The van der Waals surface area contributed by atoms with Crippen molar-refractivity contribution in [1.82, 2.24) is 15.3 Å². The van der Waals surface area contributed by atoms with Crippen LogP contribution in [0.2, 0.25) is 0 Å². The highest BCUT2D eigenvalue weighted by molar-refractivity contribution is 5.93. The zero-order valence-electron chi connectivity index (χ0n) is 14.0. The first kappa shape index (κ1) is 17.2. The van der Waals surface area contributed by atoms with Crippen LogP contribution in [-0.4, -0.2) is 21.8 Å². The summed E-state index contributed by atoms with van der Waals surface area (Å²) < 4.78 is 5.16. The monoisotopic (exact) mass is 351 g/mol. The normalized spacial score (nSPS) is 10.2. The van der Waals surface area contributed by atoms with E-state index >= 15 is 0 Å². The van der Waals surface area contributed by atoms with Crippen molar-refractivity contribution in [2.24, 2.45) is 0 Å². The molecule has 0 saturated carbocycles. The zero-order chi connectivity index (χ0) is 18.4. The first-order valence-corrected chi connectivity index (χ1v) is 7.87. The van der Waals surface area contributed by atoms with Crippen molar-refractivity contribution in [3.8, 4) is 0 Å². The Morgan fingerprint density at radius 2 is 1.85 bits per heavy atom. The molecule has 8 heteroatoms. The van der Waals surface area contributed by atoms with E-state index in [0.717, 1.165) is 0 Å². The minimum absolute atomic E-state index is 0.150. The highest BCUT2D eigenvalue weighted by Gasteiger charge is 2.08. The van der Waals surface area contributed by atoms with Gasteiger partial charge in [0.15, 0.2) is 0 Å². The molecule has 0 spiro atoms. The Kier molecular flexibility index (Phi) is 5.23. The second-order valence-electron chi connectivity index (χ2n) is 5.44. The Bertz CT molecular complexity index is 891. The number of carbonyl (C=O) groups excluding carboxylic acids is 2. The number of amides is 2. The molecule has 2 aromatic heterocycles. The van der Waals surface area contributed by atoms with Crippen molar-refractivity contribution in [1.29, 1.82) is 0 Å². The van der Waals surface area contributed by atoms with E-state index in [1.807, 2.05) is 6.07 Å². The molecule has 0 aliphatic rings. The number of benzene rings is 1. The first-order chi connectivity index (χ1) is 12.6. The van der Waals surface area contributed by atoms with E-state index in [0.29, 0.717) is 35.2 Å². The second kappa shape index (κ2) is 7.93. The number of furan rings is 1. The molecule has 0 aliphatic carbocycles. The average Bonchev–Trinajstić information content (AvgIpc) is 3.14. The van der Waals surface area contributed by atoms with Crippen LogP contribution in [0.25, 0.3) is 0 Å². The van der Waals surface area contributed by atoms with Gasteiger partial charge in [-0.15, -0.1) is 0 Å². The molecule has 3 aromatic rings. The summed E-state index contributed by atoms with van der Waals surface area (Å²) in [5, 5.41) is 8.44. The van der Waals surface area contributed by atoms with Crippen LogP contribution in [0.4, 0.5) is 17.3 Å². The van der Waals surface area contributed by atoms with Gasteiger partial charge in [0.1, 0.15) is 5.76 Å². The van der Waals surface area contributed by atoms with Gasteiger partial charge in [-0.3, -0.25) is 9.59 Å². The standard InChI is InChI=1S/C18H17N5O3/c1-12(24)22-14-4-2-5-15(8-14)23-18-20-9-13(10-21-18)17(25)19-11-16-6-3-7-26-16/h2-10H,11H2,1H3,(H,19,25)(H,22,24)(H,20,21,23). The third kappa shape index (κ3) is 4.67. The van der Waals surface area contributed by atoms with E-state index in [1.165, 1.54) is 19.3 Å². The lowest BCUT2D eigenvalue weighted by Crippen LogP contribution is -2.22. The molecule has 0 saturated heterocycles. The van der Waals surface area contributed by atoms with E-state index in [9.17, 15) is 9.59 Å². The predicted molar refractivity (Wildman–Crippen MR) is 95.9 cm³/mol. The maximum atomic E-state index is 12.1. The number of hydrogen-bond donors (Lipinski definition) is 3. The summed E-state index contributed by atoms with van der Waals surface area (Å²) >= 11 is 0. The van der Waals surface area contributed by atoms with E-state index in [4.69, 9.17) is 4.42 Å². The van der Waals surface area contributed by atoms with Gasteiger partial charge in [0.25, 0.3) is 5.91 Å². The molecule has 2 heterocycles. The fourth-order valence-corrected chi connectivity index (χ4v) is 2.20. The molecular formula is C18H17N5O3. The largest absolute Gasteiger partial charge is 0.467 e. The minimum Gasteiger partial charge on any atom is -0.467 e. The molecule has 0 bridgehead atoms. The highest BCUT2D eigenvalue weighted by atomic mass is 16.3. The van der Waals surface area contributed by atoms with Gasteiger partial charge in [0.2, 0.25) is 11.9 Å². The van der Waals surface area contributed by atoms with Crippen molar-refractivity contribution in [3.63, 3.8) is 0 Å². The topological polar surface area (TPSA) is 109 Å². The van der Waals surface area contributed by atoms with Gasteiger partial charge < -0.3 is 20.4 Å². The summed E-state index contributed by atoms with van der Waals surface area (Å²) in [5.74, 6) is 0.563. The highest BCUT2D eigenvalue weighted by Crippen LogP contribution is 2.18. The molecule has 3 N–H and O–H groups in total. The van der Waals surface area contributed by atoms with Crippen molar-refractivity contribution >= 4 is 29.1 Å². The van der Waals surface area contributed by atoms with Crippen molar-refractivity contribution in [2.45, 2.75) is 13.5 Å². The van der Waals surface area contributed by atoms with Gasteiger partial charge in [0, 0.05) is 30.7 Å². The summed E-state index contributed by atoms with van der Waals surface area (Å²) in [6.45, 7) is 1.74. The van der Waals surface area contributed by atoms with Crippen LogP contribution in [0.15, 0.2) is 59.5 Å². The molecule has 3 rings (SSSR count). The summed E-state index contributed by atoms with van der Waals surface area (Å²) in [5.41, 5.74) is 1.72. The summed E-state index contributed by atoms with van der Waals surface area (Å²) in [7, 11) is 0. The lowest BCUT2D eigenvalue weighted by atomic mass is 10.2. The van der Waals surface area contributed by atoms with Crippen molar-refractivity contribution in [3.05, 3.63) is 66.4 Å². The van der Waals surface area contributed by atoms with E-state index in [2.05, 4.69) is 25.9 Å². The number of aromatic nitrogens is 2. The number of anilines is 3. The molecule has 132 valence electrons. The Hall–Kier alpha value is -3.68. The number of carbonyl (C=O) groups is 2. The van der Waals surface area contributed by atoms with E-state index in [1.54, 1.807) is 36.6 Å². The molecule has 0 fully saturated rings. The average molecular weight is 351 g/mol. The third-order valence-corrected chi connectivity index (χ3v) is 3.36. The number of nitrogens with one attached hydrogen (secondary N) is 3. The maximum absolute atomic E-state index is 12.1. The molecule has 0 atom stereocenters. The molecule has 0 aliphatic heterocycles. The number of hydrogen-bond acceptors (Lipinski definition) is 6. The smallest absolute Gasteiger partial charge is 0.254 e. The van der Waals surface area contributed by atoms with Crippen LogP contribution in [0.5, 0.6) is 0 Å². The van der Waals surface area contributed by atoms with Crippen LogP contribution in [0.1, 0.15) is 23.0 Å². The fraction of sp³-hybridized carbons (Fsp3) is 0.111. The molecule has 26 heavy (non-hydrogen) atoms. The van der Waals surface area contributed by atoms with Crippen LogP contribution in [0.3, 0.4) is 0 Å². The minimum atomic E-state index is -0.291. The summed E-state index contributed by atoms with van der Waals surface area (Å²) in [6.07, 6.45) is 4.42. The third-order valence-electron chi connectivity index (χ3n) is 3.36. The van der Waals surface area contributed by atoms with Crippen LogP contribution < -0.4 is 16.0 Å². The van der Waals surface area contributed by atoms with Gasteiger partial charge in [-0.05, 0) is 30.3 Å². The molecular weight excluding hydrogens is 334 g/mol. The number of rotatable bonds is 6. The SMILES string of the molecule is CC(=O)Nc1cccc(Nc2ncc(C(=O)NCc3ccco3)cn2)c1. The Balaban J connectivity index is 1.60. The summed E-state index contributed by atoms with van der Waals surface area (Å²) in [4.78, 5) is 31.4. The number of nitrogens with zero attached hydrogens (tertiary/aromatic N) is 2. The van der Waals surface area contributed by atoms with E-state index < -0.39 is 0 Å². The quantitative estimate of drug-likeness (QED) is 0.630. The molecule has 0 radical (unpaired) electrons. The Morgan fingerprint density at radius 3 is 2.54 bits per heavy atom. The molecule has 1 aromatic carbocycles. The Labute approximate surface area is 149 Å². The van der Waals surface area contributed by atoms with Gasteiger partial charge in [-0.25, -0.2) is 9.97 Å².